The average Bonchev–Trinajstić information content (AvgIpc) is 3.48. The van der Waals surface area contributed by atoms with Crippen LogP contribution in [0, 0.1) is 0 Å². The standard InChI is InChI=1S/C21H23N3O2/c25-20(22-18-9-10-18)17-7-11-19(12-8-17)24-14-4-13-23(21(24)26)15-16-5-2-1-3-6-16/h1-3,5-8,11-12,18H,4,9-10,13-15H2,(H,22,25). The zero-order valence-electron chi connectivity index (χ0n) is 14.7. The number of anilines is 1. The van der Waals surface area contributed by atoms with Gasteiger partial charge in [-0.05, 0) is 49.1 Å². The summed E-state index contributed by atoms with van der Waals surface area (Å²) in [5.41, 5.74) is 2.62. The summed E-state index contributed by atoms with van der Waals surface area (Å²) in [6.45, 7) is 2.10. The molecule has 134 valence electrons. The number of hydrogen-bond donors (Lipinski definition) is 1. The van der Waals surface area contributed by atoms with Gasteiger partial charge < -0.3 is 10.2 Å². The number of benzene rings is 2. The van der Waals surface area contributed by atoms with Crippen molar-refractivity contribution in [1.82, 2.24) is 10.2 Å². The van der Waals surface area contributed by atoms with Crippen LogP contribution in [0.5, 0.6) is 0 Å². The largest absolute Gasteiger partial charge is 0.349 e. The van der Waals surface area contributed by atoms with E-state index in [9.17, 15) is 9.59 Å². The van der Waals surface area contributed by atoms with Gasteiger partial charge in [0.25, 0.3) is 5.91 Å². The maximum absolute atomic E-state index is 12.9. The summed E-state index contributed by atoms with van der Waals surface area (Å²) in [5, 5.41) is 2.98. The number of amides is 3. The summed E-state index contributed by atoms with van der Waals surface area (Å²) in [6, 6.07) is 17.8. The Bertz CT molecular complexity index is 785. The molecule has 1 aliphatic carbocycles. The molecule has 0 atom stereocenters. The third-order valence-corrected chi connectivity index (χ3v) is 4.88. The Labute approximate surface area is 153 Å². The molecule has 3 amide bonds. The summed E-state index contributed by atoms with van der Waals surface area (Å²) in [4.78, 5) is 28.7. The Morgan fingerprint density at radius 2 is 1.73 bits per heavy atom. The van der Waals surface area contributed by atoms with Crippen LogP contribution in [0.1, 0.15) is 35.2 Å². The van der Waals surface area contributed by atoms with Crippen molar-refractivity contribution in [2.45, 2.75) is 31.8 Å². The first kappa shape index (κ1) is 16.6. The lowest BCUT2D eigenvalue weighted by molar-refractivity contribution is 0.0951. The van der Waals surface area contributed by atoms with Crippen molar-refractivity contribution < 1.29 is 9.59 Å². The van der Waals surface area contributed by atoms with Crippen molar-refractivity contribution in [3.05, 3.63) is 65.7 Å². The van der Waals surface area contributed by atoms with Gasteiger partial charge in [-0.2, -0.15) is 0 Å². The Morgan fingerprint density at radius 1 is 1.00 bits per heavy atom. The number of nitrogens with zero attached hydrogens (tertiary/aromatic N) is 2. The molecule has 1 saturated carbocycles. The zero-order valence-corrected chi connectivity index (χ0v) is 14.7. The number of hydrogen-bond acceptors (Lipinski definition) is 2. The van der Waals surface area contributed by atoms with Crippen LogP contribution in [0.2, 0.25) is 0 Å². The van der Waals surface area contributed by atoms with Crippen molar-refractivity contribution in [3.8, 4) is 0 Å². The first-order chi connectivity index (χ1) is 12.7. The molecule has 0 bridgehead atoms. The monoisotopic (exact) mass is 349 g/mol. The van der Waals surface area contributed by atoms with Crippen molar-refractivity contribution in [2.24, 2.45) is 0 Å². The fourth-order valence-corrected chi connectivity index (χ4v) is 3.26. The number of urea groups is 1. The molecule has 5 nitrogen and oxygen atoms in total. The minimum Gasteiger partial charge on any atom is -0.349 e. The molecule has 5 heteroatoms. The molecule has 26 heavy (non-hydrogen) atoms. The molecule has 1 saturated heterocycles. The Balaban J connectivity index is 1.44. The van der Waals surface area contributed by atoms with Gasteiger partial charge in [-0.15, -0.1) is 0 Å². The van der Waals surface area contributed by atoms with Gasteiger partial charge in [0.2, 0.25) is 0 Å². The zero-order chi connectivity index (χ0) is 17.9. The molecule has 0 radical (unpaired) electrons. The van der Waals surface area contributed by atoms with Gasteiger partial charge in [0.15, 0.2) is 0 Å². The number of rotatable bonds is 5. The SMILES string of the molecule is O=C(NC1CC1)c1ccc(N2CCCN(Cc3ccccc3)C2=O)cc1. The maximum Gasteiger partial charge on any atom is 0.324 e. The molecule has 4 rings (SSSR count). The molecule has 1 heterocycles. The van der Waals surface area contributed by atoms with Crippen LogP contribution >= 0.6 is 0 Å². The second kappa shape index (κ2) is 7.20. The van der Waals surface area contributed by atoms with E-state index in [1.165, 1.54) is 0 Å². The molecule has 0 unspecified atom stereocenters. The van der Waals surface area contributed by atoms with Crippen LogP contribution in [0.25, 0.3) is 0 Å². The fraction of sp³-hybridized carbons (Fsp3) is 0.333. The molecule has 1 N–H and O–H groups in total. The van der Waals surface area contributed by atoms with Crippen LogP contribution in [0.15, 0.2) is 54.6 Å². The average molecular weight is 349 g/mol. The minimum absolute atomic E-state index is 0.0234. The quantitative estimate of drug-likeness (QED) is 0.899. The van der Waals surface area contributed by atoms with Crippen LogP contribution in [-0.2, 0) is 6.54 Å². The lowest BCUT2D eigenvalue weighted by Gasteiger charge is -2.35. The smallest absolute Gasteiger partial charge is 0.324 e. The summed E-state index contributed by atoms with van der Waals surface area (Å²) in [5.74, 6) is -0.0327. The van der Waals surface area contributed by atoms with E-state index in [0.29, 0.717) is 24.7 Å². The summed E-state index contributed by atoms with van der Waals surface area (Å²) >= 11 is 0. The van der Waals surface area contributed by atoms with Gasteiger partial charge in [-0.3, -0.25) is 9.69 Å². The van der Waals surface area contributed by atoms with Gasteiger partial charge in [0.05, 0.1) is 0 Å². The van der Waals surface area contributed by atoms with Crippen molar-refractivity contribution in [3.63, 3.8) is 0 Å². The molecule has 1 aliphatic heterocycles. The van der Waals surface area contributed by atoms with E-state index >= 15 is 0 Å². The van der Waals surface area contributed by atoms with E-state index in [-0.39, 0.29) is 11.9 Å². The molecular formula is C21H23N3O2. The predicted molar refractivity (Wildman–Crippen MR) is 101 cm³/mol. The Hall–Kier alpha value is -2.82. The fourth-order valence-electron chi connectivity index (χ4n) is 3.26. The summed E-state index contributed by atoms with van der Waals surface area (Å²) in [6.07, 6.45) is 3.08. The first-order valence-electron chi connectivity index (χ1n) is 9.22. The van der Waals surface area contributed by atoms with Crippen molar-refractivity contribution >= 4 is 17.6 Å². The molecule has 2 fully saturated rings. The molecule has 2 aliphatic rings. The van der Waals surface area contributed by atoms with Gasteiger partial charge >= 0.3 is 6.03 Å². The molecule has 0 spiro atoms. The van der Waals surface area contributed by atoms with Gasteiger partial charge in [-0.1, -0.05) is 30.3 Å². The molecule has 2 aromatic carbocycles. The minimum atomic E-state index is -0.0327. The summed E-state index contributed by atoms with van der Waals surface area (Å²) in [7, 11) is 0. The number of carbonyl (C=O) groups excluding carboxylic acids is 2. The van der Waals surface area contributed by atoms with Crippen LogP contribution in [0.3, 0.4) is 0 Å². The lowest BCUT2D eigenvalue weighted by atomic mass is 10.1. The maximum atomic E-state index is 12.9. The summed E-state index contributed by atoms with van der Waals surface area (Å²) < 4.78 is 0. The van der Waals surface area contributed by atoms with Crippen molar-refractivity contribution in [2.75, 3.05) is 18.0 Å². The van der Waals surface area contributed by atoms with E-state index in [1.807, 2.05) is 47.4 Å². The third kappa shape index (κ3) is 3.72. The predicted octanol–water partition coefficient (Wildman–Crippen LogP) is 3.41. The van der Waals surface area contributed by atoms with Crippen LogP contribution in [-0.4, -0.2) is 36.0 Å². The van der Waals surface area contributed by atoms with Gasteiger partial charge in [0.1, 0.15) is 0 Å². The Kier molecular flexibility index (Phi) is 4.61. The van der Waals surface area contributed by atoms with Crippen molar-refractivity contribution in [1.29, 1.82) is 0 Å². The number of carbonyl (C=O) groups is 2. The second-order valence-electron chi connectivity index (χ2n) is 6.99. The highest BCUT2D eigenvalue weighted by molar-refractivity contribution is 5.96. The van der Waals surface area contributed by atoms with Gasteiger partial charge in [-0.25, -0.2) is 4.79 Å². The first-order valence-corrected chi connectivity index (χ1v) is 9.22. The second-order valence-corrected chi connectivity index (χ2v) is 6.99. The Morgan fingerprint density at radius 3 is 2.42 bits per heavy atom. The van der Waals surface area contributed by atoms with E-state index in [1.54, 1.807) is 17.0 Å². The topological polar surface area (TPSA) is 52.7 Å². The van der Waals surface area contributed by atoms with Crippen LogP contribution < -0.4 is 10.2 Å². The van der Waals surface area contributed by atoms with Crippen LogP contribution in [0.4, 0.5) is 10.5 Å². The molecular weight excluding hydrogens is 326 g/mol. The third-order valence-electron chi connectivity index (χ3n) is 4.88. The van der Waals surface area contributed by atoms with Gasteiger partial charge in [0, 0.05) is 36.9 Å². The highest BCUT2D eigenvalue weighted by Gasteiger charge is 2.27. The van der Waals surface area contributed by atoms with E-state index in [0.717, 1.165) is 37.1 Å². The normalized spacial score (nSPS) is 17.3. The molecule has 2 aromatic rings. The lowest BCUT2D eigenvalue weighted by Crippen LogP contribution is -2.49. The van der Waals surface area contributed by atoms with E-state index in [2.05, 4.69) is 5.32 Å². The highest BCUT2D eigenvalue weighted by atomic mass is 16.2. The highest BCUT2D eigenvalue weighted by Crippen LogP contribution is 2.23. The van der Waals surface area contributed by atoms with E-state index < -0.39 is 0 Å². The molecule has 0 aromatic heterocycles. The number of nitrogens with one attached hydrogen (secondary N) is 1. The van der Waals surface area contributed by atoms with E-state index in [4.69, 9.17) is 0 Å².